The summed E-state index contributed by atoms with van der Waals surface area (Å²) < 4.78 is 0. The Morgan fingerprint density at radius 2 is 1.83 bits per heavy atom. The van der Waals surface area contributed by atoms with Gasteiger partial charge < -0.3 is 10.6 Å². The highest BCUT2D eigenvalue weighted by Crippen LogP contribution is 2.26. The lowest BCUT2D eigenvalue weighted by Crippen LogP contribution is -2.48. The fourth-order valence-electron chi connectivity index (χ4n) is 2.51. The Kier molecular flexibility index (Phi) is 4.58. The lowest BCUT2D eigenvalue weighted by atomic mass is 9.84. The highest BCUT2D eigenvalue weighted by atomic mass is 16.2. The smallest absolute Gasteiger partial charge is 0.233 e. The number of rotatable bonds is 4. The number of piperidine rings is 1. The maximum atomic E-state index is 11.8. The molecular weight excluding hydrogens is 230 g/mol. The first-order valence-electron chi connectivity index (χ1n) is 6.92. The van der Waals surface area contributed by atoms with E-state index in [4.69, 9.17) is 0 Å². The predicted octanol–water partition coefficient (Wildman–Crippen LogP) is 0.113. The van der Waals surface area contributed by atoms with Crippen LogP contribution in [-0.2, 0) is 9.59 Å². The third kappa shape index (κ3) is 3.45. The van der Waals surface area contributed by atoms with Gasteiger partial charge in [-0.1, -0.05) is 6.42 Å². The molecule has 1 aliphatic carbocycles. The summed E-state index contributed by atoms with van der Waals surface area (Å²) in [6.07, 6.45) is 5.22. The standard InChI is InChI=1S/C13H23N3O2/c1-14-12(17)9-16-7-5-11(6-8-16)15-13(18)10-3-2-4-10/h10-11H,2-9H2,1H3,(H,14,17)(H,15,18). The van der Waals surface area contributed by atoms with Crippen LogP contribution in [-0.4, -0.2) is 49.4 Å². The number of hydrogen-bond donors (Lipinski definition) is 2. The molecule has 1 aliphatic heterocycles. The molecule has 18 heavy (non-hydrogen) atoms. The Hall–Kier alpha value is -1.10. The normalized spacial score (nSPS) is 22.3. The summed E-state index contributed by atoms with van der Waals surface area (Å²) >= 11 is 0. The van der Waals surface area contributed by atoms with Gasteiger partial charge in [0.2, 0.25) is 11.8 Å². The van der Waals surface area contributed by atoms with Gasteiger partial charge >= 0.3 is 0 Å². The van der Waals surface area contributed by atoms with Crippen LogP contribution in [0, 0.1) is 5.92 Å². The second-order valence-electron chi connectivity index (χ2n) is 5.36. The number of likely N-dealkylation sites (N-methyl/N-ethyl adjacent to an activating group) is 1. The van der Waals surface area contributed by atoms with Crippen LogP contribution in [0.3, 0.4) is 0 Å². The molecular formula is C13H23N3O2. The summed E-state index contributed by atoms with van der Waals surface area (Å²) in [5.41, 5.74) is 0. The van der Waals surface area contributed by atoms with Crippen LogP contribution in [0.15, 0.2) is 0 Å². The second-order valence-corrected chi connectivity index (χ2v) is 5.36. The van der Waals surface area contributed by atoms with Crippen LogP contribution in [0.5, 0.6) is 0 Å². The molecule has 2 N–H and O–H groups in total. The van der Waals surface area contributed by atoms with Crippen molar-refractivity contribution < 1.29 is 9.59 Å². The van der Waals surface area contributed by atoms with Crippen molar-refractivity contribution in [3.63, 3.8) is 0 Å². The molecule has 2 amide bonds. The van der Waals surface area contributed by atoms with Crippen LogP contribution in [0.4, 0.5) is 0 Å². The van der Waals surface area contributed by atoms with E-state index < -0.39 is 0 Å². The highest BCUT2D eigenvalue weighted by molar-refractivity contribution is 5.79. The van der Waals surface area contributed by atoms with E-state index in [2.05, 4.69) is 15.5 Å². The van der Waals surface area contributed by atoms with Crippen molar-refractivity contribution in [2.24, 2.45) is 5.92 Å². The van der Waals surface area contributed by atoms with Gasteiger partial charge in [0, 0.05) is 32.1 Å². The zero-order valence-corrected chi connectivity index (χ0v) is 11.1. The molecule has 102 valence electrons. The number of likely N-dealkylation sites (tertiary alicyclic amines) is 1. The number of nitrogens with zero attached hydrogens (tertiary/aromatic N) is 1. The predicted molar refractivity (Wildman–Crippen MR) is 69.0 cm³/mol. The molecule has 5 nitrogen and oxygen atoms in total. The number of nitrogens with one attached hydrogen (secondary N) is 2. The van der Waals surface area contributed by atoms with Gasteiger partial charge in [-0.15, -0.1) is 0 Å². The first kappa shape index (κ1) is 13.3. The number of amides is 2. The molecule has 1 saturated carbocycles. The van der Waals surface area contributed by atoms with Gasteiger partial charge in [-0.3, -0.25) is 14.5 Å². The van der Waals surface area contributed by atoms with E-state index in [1.807, 2.05) is 0 Å². The number of carbonyl (C=O) groups excluding carboxylic acids is 2. The average Bonchev–Trinajstić information content (AvgIpc) is 2.29. The zero-order valence-electron chi connectivity index (χ0n) is 11.1. The Morgan fingerprint density at radius 3 is 2.33 bits per heavy atom. The van der Waals surface area contributed by atoms with Crippen molar-refractivity contribution in [3.8, 4) is 0 Å². The molecule has 2 rings (SSSR count). The minimum Gasteiger partial charge on any atom is -0.358 e. The number of carbonyl (C=O) groups is 2. The lowest BCUT2D eigenvalue weighted by molar-refractivity contribution is -0.128. The summed E-state index contributed by atoms with van der Waals surface area (Å²) in [6.45, 7) is 2.26. The lowest BCUT2D eigenvalue weighted by Gasteiger charge is -2.33. The molecule has 0 aromatic heterocycles. The van der Waals surface area contributed by atoms with Crippen molar-refractivity contribution in [2.45, 2.75) is 38.1 Å². The van der Waals surface area contributed by atoms with Crippen molar-refractivity contribution in [3.05, 3.63) is 0 Å². The van der Waals surface area contributed by atoms with Crippen molar-refractivity contribution in [1.29, 1.82) is 0 Å². The van der Waals surface area contributed by atoms with Crippen molar-refractivity contribution >= 4 is 11.8 Å². The van der Waals surface area contributed by atoms with E-state index in [1.54, 1.807) is 7.05 Å². The van der Waals surface area contributed by atoms with Gasteiger partial charge in [0.15, 0.2) is 0 Å². The Labute approximate surface area is 108 Å². The Bertz CT molecular complexity index is 307. The molecule has 1 heterocycles. The maximum absolute atomic E-state index is 11.8. The molecule has 2 fully saturated rings. The fraction of sp³-hybridized carbons (Fsp3) is 0.846. The largest absolute Gasteiger partial charge is 0.358 e. The molecule has 1 saturated heterocycles. The minimum atomic E-state index is 0.0620. The van der Waals surface area contributed by atoms with E-state index >= 15 is 0 Å². The minimum absolute atomic E-state index is 0.0620. The quantitative estimate of drug-likeness (QED) is 0.748. The van der Waals surface area contributed by atoms with Crippen LogP contribution in [0.2, 0.25) is 0 Å². The summed E-state index contributed by atoms with van der Waals surface area (Å²) in [5, 5.41) is 5.78. The van der Waals surface area contributed by atoms with E-state index in [1.165, 1.54) is 6.42 Å². The molecule has 0 spiro atoms. The van der Waals surface area contributed by atoms with Crippen LogP contribution >= 0.6 is 0 Å². The SMILES string of the molecule is CNC(=O)CN1CCC(NC(=O)C2CCC2)CC1. The first-order chi connectivity index (χ1) is 8.69. The fourth-order valence-corrected chi connectivity index (χ4v) is 2.51. The van der Waals surface area contributed by atoms with Crippen molar-refractivity contribution in [2.75, 3.05) is 26.7 Å². The molecule has 0 atom stereocenters. The third-order valence-corrected chi connectivity index (χ3v) is 4.06. The molecule has 0 bridgehead atoms. The van der Waals surface area contributed by atoms with Crippen LogP contribution in [0.25, 0.3) is 0 Å². The number of hydrogen-bond acceptors (Lipinski definition) is 3. The van der Waals surface area contributed by atoms with Crippen LogP contribution in [0.1, 0.15) is 32.1 Å². The van der Waals surface area contributed by atoms with E-state index in [0.29, 0.717) is 12.6 Å². The Balaban J connectivity index is 1.66. The second kappa shape index (κ2) is 6.18. The Morgan fingerprint density at radius 1 is 1.17 bits per heavy atom. The summed E-state index contributed by atoms with van der Waals surface area (Å²) in [5.74, 6) is 0.576. The van der Waals surface area contributed by atoms with Crippen molar-refractivity contribution in [1.82, 2.24) is 15.5 Å². The highest BCUT2D eigenvalue weighted by Gasteiger charge is 2.28. The van der Waals surface area contributed by atoms with E-state index in [0.717, 1.165) is 38.8 Å². The van der Waals surface area contributed by atoms with E-state index in [9.17, 15) is 9.59 Å². The molecule has 0 aromatic rings. The van der Waals surface area contributed by atoms with Gasteiger partial charge in [0.05, 0.1) is 6.54 Å². The van der Waals surface area contributed by atoms with Gasteiger partial charge in [-0.2, -0.15) is 0 Å². The maximum Gasteiger partial charge on any atom is 0.233 e. The molecule has 0 radical (unpaired) electrons. The summed E-state index contributed by atoms with van der Waals surface area (Å²) in [4.78, 5) is 25.2. The summed E-state index contributed by atoms with van der Waals surface area (Å²) in [7, 11) is 1.66. The monoisotopic (exact) mass is 253 g/mol. The van der Waals surface area contributed by atoms with Gasteiger partial charge in [0.25, 0.3) is 0 Å². The molecule has 5 heteroatoms. The molecule has 2 aliphatic rings. The summed E-state index contributed by atoms with van der Waals surface area (Å²) in [6, 6.07) is 0.305. The average molecular weight is 253 g/mol. The van der Waals surface area contributed by atoms with Crippen LogP contribution < -0.4 is 10.6 Å². The molecule has 0 unspecified atom stereocenters. The molecule has 0 aromatic carbocycles. The van der Waals surface area contributed by atoms with E-state index in [-0.39, 0.29) is 17.7 Å². The third-order valence-electron chi connectivity index (χ3n) is 4.06. The van der Waals surface area contributed by atoms with Gasteiger partial charge in [-0.05, 0) is 25.7 Å². The van der Waals surface area contributed by atoms with Gasteiger partial charge in [0.1, 0.15) is 0 Å². The first-order valence-corrected chi connectivity index (χ1v) is 6.92. The zero-order chi connectivity index (χ0) is 13.0. The van der Waals surface area contributed by atoms with Gasteiger partial charge in [-0.25, -0.2) is 0 Å². The topological polar surface area (TPSA) is 61.4 Å².